The van der Waals surface area contributed by atoms with Gasteiger partial charge in [0.05, 0.1) is 0 Å². The number of aromatic carboxylic acids is 1. The summed E-state index contributed by atoms with van der Waals surface area (Å²) in [4.78, 5) is 24.7. The minimum Gasteiger partial charge on any atom is -0.475 e. The zero-order valence-electron chi connectivity index (χ0n) is 10.2. The van der Waals surface area contributed by atoms with Gasteiger partial charge >= 0.3 is 5.97 Å². The zero-order chi connectivity index (χ0) is 13.1. The fourth-order valence-electron chi connectivity index (χ4n) is 1.98. The molecule has 0 saturated carbocycles. The first-order valence-electron chi connectivity index (χ1n) is 5.89. The predicted molar refractivity (Wildman–Crippen MR) is 63.7 cm³/mol. The average molecular weight is 252 g/mol. The number of carbonyl (C=O) groups is 2. The molecule has 18 heavy (non-hydrogen) atoms. The van der Waals surface area contributed by atoms with Gasteiger partial charge in [0.25, 0.3) is 5.91 Å². The van der Waals surface area contributed by atoms with Gasteiger partial charge in [0.15, 0.2) is 5.76 Å². The van der Waals surface area contributed by atoms with Gasteiger partial charge < -0.3 is 19.7 Å². The number of carbonyl (C=O) groups excluding carboxylic acids is 1. The maximum Gasteiger partial charge on any atom is 0.371 e. The summed E-state index contributed by atoms with van der Waals surface area (Å²) in [5.41, 5.74) is 0. The Bertz CT molecular complexity index is 447. The summed E-state index contributed by atoms with van der Waals surface area (Å²) in [6, 6.07) is 2.80. The molecule has 1 saturated heterocycles. The Kier molecular flexibility index (Phi) is 3.66. The van der Waals surface area contributed by atoms with E-state index in [9.17, 15) is 9.59 Å². The molecule has 2 N–H and O–H groups in total. The Balaban J connectivity index is 1.93. The molecule has 0 aromatic carbocycles. The molecule has 0 spiro atoms. The summed E-state index contributed by atoms with van der Waals surface area (Å²) in [5.74, 6) is -1.69. The predicted octanol–water partition coefficient (Wildman–Crippen LogP) is 0.802. The van der Waals surface area contributed by atoms with Gasteiger partial charge in [0.2, 0.25) is 5.76 Å². The van der Waals surface area contributed by atoms with Crippen molar-refractivity contribution in [2.45, 2.75) is 18.9 Å². The van der Waals surface area contributed by atoms with Gasteiger partial charge in [-0.1, -0.05) is 0 Å². The van der Waals surface area contributed by atoms with Gasteiger partial charge in [-0.2, -0.15) is 0 Å². The van der Waals surface area contributed by atoms with Crippen LogP contribution in [0.5, 0.6) is 0 Å². The van der Waals surface area contributed by atoms with Crippen LogP contribution in [0.4, 0.5) is 0 Å². The molecule has 0 radical (unpaired) electrons. The SMILES string of the molecule is CN1CCC(NC(=O)c2ccc(C(=O)O)o2)CC1. The number of hydrogen-bond donors (Lipinski definition) is 2. The van der Waals surface area contributed by atoms with E-state index in [0.717, 1.165) is 25.9 Å². The molecule has 98 valence electrons. The molecule has 1 aromatic heterocycles. The molecule has 0 bridgehead atoms. The molecule has 0 aliphatic carbocycles. The number of piperidine rings is 1. The van der Waals surface area contributed by atoms with E-state index in [4.69, 9.17) is 9.52 Å². The lowest BCUT2D eigenvalue weighted by Crippen LogP contribution is -2.43. The number of carboxylic acid groups (broad SMARTS) is 1. The van der Waals surface area contributed by atoms with Crippen LogP contribution >= 0.6 is 0 Å². The molecule has 1 aromatic rings. The van der Waals surface area contributed by atoms with Gasteiger partial charge in [0.1, 0.15) is 0 Å². The molecule has 2 rings (SSSR count). The fourth-order valence-corrected chi connectivity index (χ4v) is 1.98. The standard InChI is InChI=1S/C12H16N2O4/c1-14-6-4-8(5-7-14)13-11(15)9-2-3-10(18-9)12(16)17/h2-3,8H,4-7H2,1H3,(H,13,15)(H,16,17). The van der Waals surface area contributed by atoms with Gasteiger partial charge in [-0.3, -0.25) is 4.79 Å². The van der Waals surface area contributed by atoms with Crippen LogP contribution < -0.4 is 5.32 Å². The lowest BCUT2D eigenvalue weighted by atomic mass is 10.1. The second-order valence-electron chi connectivity index (χ2n) is 4.52. The number of carboxylic acids is 1. The minimum atomic E-state index is -1.17. The summed E-state index contributed by atoms with van der Waals surface area (Å²) in [6.45, 7) is 1.90. The number of furan rings is 1. The Hall–Kier alpha value is -1.82. The molecule has 0 atom stereocenters. The van der Waals surface area contributed by atoms with E-state index in [1.54, 1.807) is 0 Å². The normalized spacial score (nSPS) is 17.6. The van der Waals surface area contributed by atoms with Gasteiger partial charge in [0, 0.05) is 6.04 Å². The van der Waals surface area contributed by atoms with Gasteiger partial charge in [-0.25, -0.2) is 4.79 Å². The largest absolute Gasteiger partial charge is 0.475 e. The van der Waals surface area contributed by atoms with Gasteiger partial charge in [-0.15, -0.1) is 0 Å². The molecule has 0 unspecified atom stereocenters. The molecule has 2 heterocycles. The van der Waals surface area contributed by atoms with Crippen molar-refractivity contribution in [2.75, 3.05) is 20.1 Å². The molecule has 1 aliphatic heterocycles. The molecule has 6 nitrogen and oxygen atoms in total. The van der Waals surface area contributed by atoms with Crippen LogP contribution in [0.3, 0.4) is 0 Å². The fraction of sp³-hybridized carbons (Fsp3) is 0.500. The Morgan fingerprint density at radius 1 is 1.33 bits per heavy atom. The molecule has 1 amide bonds. The van der Waals surface area contributed by atoms with Crippen LogP contribution in [0.1, 0.15) is 34.0 Å². The van der Waals surface area contributed by atoms with E-state index in [2.05, 4.69) is 10.2 Å². The number of hydrogen-bond acceptors (Lipinski definition) is 4. The quantitative estimate of drug-likeness (QED) is 0.831. The Morgan fingerprint density at radius 3 is 2.50 bits per heavy atom. The first-order valence-corrected chi connectivity index (χ1v) is 5.89. The summed E-state index contributed by atoms with van der Waals surface area (Å²) in [7, 11) is 2.05. The van der Waals surface area contributed by atoms with Crippen molar-refractivity contribution in [2.24, 2.45) is 0 Å². The zero-order valence-corrected chi connectivity index (χ0v) is 10.2. The van der Waals surface area contributed by atoms with E-state index < -0.39 is 5.97 Å². The van der Waals surface area contributed by atoms with E-state index in [-0.39, 0.29) is 23.5 Å². The third-order valence-electron chi connectivity index (χ3n) is 3.09. The van der Waals surface area contributed by atoms with E-state index in [0.29, 0.717) is 0 Å². The second kappa shape index (κ2) is 5.22. The molecular formula is C12H16N2O4. The van der Waals surface area contributed by atoms with Crippen LogP contribution in [0.2, 0.25) is 0 Å². The molecular weight excluding hydrogens is 236 g/mol. The van der Waals surface area contributed by atoms with Gasteiger partial charge in [-0.05, 0) is 45.1 Å². The number of amides is 1. The van der Waals surface area contributed by atoms with Crippen molar-refractivity contribution in [3.05, 3.63) is 23.7 Å². The van der Waals surface area contributed by atoms with Crippen molar-refractivity contribution in [3.8, 4) is 0 Å². The van der Waals surface area contributed by atoms with E-state index in [1.165, 1.54) is 12.1 Å². The highest BCUT2D eigenvalue weighted by Gasteiger charge is 2.21. The minimum absolute atomic E-state index is 0.0475. The van der Waals surface area contributed by atoms with Crippen molar-refractivity contribution >= 4 is 11.9 Å². The number of likely N-dealkylation sites (tertiary alicyclic amines) is 1. The van der Waals surface area contributed by atoms with Crippen molar-refractivity contribution < 1.29 is 19.1 Å². The maximum atomic E-state index is 11.8. The average Bonchev–Trinajstić information content (AvgIpc) is 2.81. The molecule has 1 aliphatic rings. The topological polar surface area (TPSA) is 82.8 Å². The number of rotatable bonds is 3. The lowest BCUT2D eigenvalue weighted by molar-refractivity contribution is 0.0659. The number of nitrogens with one attached hydrogen (secondary N) is 1. The molecule has 1 fully saturated rings. The van der Waals surface area contributed by atoms with Crippen LogP contribution in [0.15, 0.2) is 16.5 Å². The van der Waals surface area contributed by atoms with Crippen LogP contribution in [-0.4, -0.2) is 48.1 Å². The van der Waals surface area contributed by atoms with Crippen LogP contribution in [0, 0.1) is 0 Å². The van der Waals surface area contributed by atoms with Crippen molar-refractivity contribution in [1.29, 1.82) is 0 Å². The van der Waals surface area contributed by atoms with Crippen molar-refractivity contribution in [3.63, 3.8) is 0 Å². The second-order valence-corrected chi connectivity index (χ2v) is 4.52. The third-order valence-corrected chi connectivity index (χ3v) is 3.09. The summed E-state index contributed by atoms with van der Waals surface area (Å²) in [6.07, 6.45) is 1.80. The first-order chi connectivity index (χ1) is 8.56. The molecule has 6 heteroatoms. The van der Waals surface area contributed by atoms with Crippen molar-refractivity contribution in [1.82, 2.24) is 10.2 Å². The smallest absolute Gasteiger partial charge is 0.371 e. The van der Waals surface area contributed by atoms with Crippen LogP contribution in [0.25, 0.3) is 0 Å². The number of nitrogens with zero attached hydrogens (tertiary/aromatic N) is 1. The third kappa shape index (κ3) is 2.89. The maximum absolute atomic E-state index is 11.8. The monoisotopic (exact) mass is 252 g/mol. The highest BCUT2D eigenvalue weighted by atomic mass is 16.4. The summed E-state index contributed by atoms with van der Waals surface area (Å²) >= 11 is 0. The highest BCUT2D eigenvalue weighted by Crippen LogP contribution is 2.11. The first kappa shape index (κ1) is 12.6. The Morgan fingerprint density at radius 2 is 1.94 bits per heavy atom. The van der Waals surface area contributed by atoms with E-state index in [1.807, 2.05) is 7.05 Å². The summed E-state index contributed by atoms with van der Waals surface area (Å²) < 4.78 is 4.95. The van der Waals surface area contributed by atoms with Crippen LogP contribution in [-0.2, 0) is 0 Å². The highest BCUT2D eigenvalue weighted by molar-refractivity contribution is 5.93. The Labute approximate surface area is 105 Å². The summed E-state index contributed by atoms with van der Waals surface area (Å²) in [5, 5.41) is 11.6. The van der Waals surface area contributed by atoms with E-state index >= 15 is 0 Å². The lowest BCUT2D eigenvalue weighted by Gasteiger charge is -2.29.